The topological polar surface area (TPSA) is 104 Å². The summed E-state index contributed by atoms with van der Waals surface area (Å²) in [6.07, 6.45) is 1.52. The zero-order chi connectivity index (χ0) is 22.1. The van der Waals surface area contributed by atoms with Gasteiger partial charge in [-0.1, -0.05) is 0 Å². The first kappa shape index (κ1) is 21.6. The minimum absolute atomic E-state index is 0.0548. The Morgan fingerprint density at radius 1 is 1.26 bits per heavy atom. The van der Waals surface area contributed by atoms with Crippen LogP contribution in [0.2, 0.25) is 0 Å². The van der Waals surface area contributed by atoms with Crippen LogP contribution < -0.4 is 5.32 Å². The fourth-order valence-electron chi connectivity index (χ4n) is 4.78. The van der Waals surface area contributed by atoms with E-state index in [1.165, 1.54) is 0 Å². The molecule has 0 bridgehead atoms. The predicted octanol–water partition coefficient (Wildman–Crippen LogP) is 0.927. The lowest BCUT2D eigenvalue weighted by Crippen LogP contribution is -2.51. The van der Waals surface area contributed by atoms with E-state index in [1.54, 1.807) is 13.1 Å². The highest BCUT2D eigenvalue weighted by Gasteiger charge is 2.40. The van der Waals surface area contributed by atoms with E-state index in [4.69, 9.17) is 4.42 Å². The Balaban J connectivity index is 1.35. The van der Waals surface area contributed by atoms with Gasteiger partial charge in [0, 0.05) is 38.4 Å². The number of nitrogens with one attached hydrogen (secondary N) is 1. The molecule has 2 atom stereocenters. The summed E-state index contributed by atoms with van der Waals surface area (Å²) in [6.45, 7) is 6.14. The molecular formula is C22H31N5O4. The summed E-state index contributed by atoms with van der Waals surface area (Å²) in [6, 6.07) is 5.45. The number of aromatic nitrogens is 2. The maximum atomic E-state index is 12.9. The number of aliphatic hydroxyl groups is 1. The summed E-state index contributed by atoms with van der Waals surface area (Å²) in [5.41, 5.74) is 2.00. The number of piperidine rings is 1. The molecule has 2 amide bonds. The largest absolute Gasteiger partial charge is 0.454 e. The number of aryl methyl sites for hydroxylation is 2. The van der Waals surface area contributed by atoms with Crippen LogP contribution in [-0.2, 0) is 11.3 Å². The van der Waals surface area contributed by atoms with Gasteiger partial charge in [-0.3, -0.25) is 19.2 Å². The lowest BCUT2D eigenvalue weighted by atomic mass is 10.0. The van der Waals surface area contributed by atoms with Crippen molar-refractivity contribution in [1.82, 2.24) is 24.9 Å². The number of hydrogen-bond acceptors (Lipinski definition) is 6. The van der Waals surface area contributed by atoms with E-state index in [-0.39, 0.29) is 23.9 Å². The van der Waals surface area contributed by atoms with Crippen LogP contribution in [0.25, 0.3) is 0 Å². The van der Waals surface area contributed by atoms with E-state index >= 15 is 0 Å². The summed E-state index contributed by atoms with van der Waals surface area (Å²) >= 11 is 0. The lowest BCUT2D eigenvalue weighted by molar-refractivity contribution is -0.126. The summed E-state index contributed by atoms with van der Waals surface area (Å²) in [5.74, 6) is 0.877. The first-order valence-corrected chi connectivity index (χ1v) is 10.9. The number of rotatable bonds is 5. The Morgan fingerprint density at radius 3 is 2.65 bits per heavy atom. The standard InChI is InChI=1S/C22H31N5O4/c1-14-10-15(2)27(24-14)13-18-4-5-20(31-18)22(30)25-8-6-16(7-9-25)26-12-17(28)11-19(26)21(29)23-3/h4-5,10,16-17,19,28H,6-9,11-13H2,1-3H3,(H,23,29)/t17-,19+/m1/s1. The van der Waals surface area contributed by atoms with E-state index < -0.39 is 6.10 Å². The Morgan fingerprint density at radius 2 is 2.00 bits per heavy atom. The van der Waals surface area contributed by atoms with Crippen molar-refractivity contribution in [2.75, 3.05) is 26.7 Å². The quantitative estimate of drug-likeness (QED) is 0.733. The van der Waals surface area contributed by atoms with Crippen LogP contribution in [0, 0.1) is 13.8 Å². The molecule has 2 fully saturated rings. The molecule has 2 saturated heterocycles. The molecule has 0 aromatic carbocycles. The van der Waals surface area contributed by atoms with Crippen molar-refractivity contribution in [3.05, 3.63) is 41.1 Å². The molecule has 2 aliphatic rings. The number of carbonyl (C=O) groups is 2. The van der Waals surface area contributed by atoms with Gasteiger partial charge < -0.3 is 19.7 Å². The number of carbonyl (C=O) groups excluding carboxylic acids is 2. The second kappa shape index (κ2) is 8.84. The average molecular weight is 430 g/mol. The van der Waals surface area contributed by atoms with E-state index in [2.05, 4.69) is 15.3 Å². The van der Waals surface area contributed by atoms with E-state index in [9.17, 15) is 14.7 Å². The Bertz CT molecular complexity index is 944. The highest BCUT2D eigenvalue weighted by molar-refractivity contribution is 5.91. The second-order valence-corrected chi connectivity index (χ2v) is 8.59. The lowest BCUT2D eigenvalue weighted by Gasteiger charge is -2.38. The molecule has 0 aliphatic carbocycles. The summed E-state index contributed by atoms with van der Waals surface area (Å²) in [7, 11) is 1.62. The molecule has 2 aromatic rings. The van der Waals surface area contributed by atoms with E-state index in [1.807, 2.05) is 35.6 Å². The van der Waals surface area contributed by atoms with Gasteiger partial charge in [0.25, 0.3) is 5.91 Å². The van der Waals surface area contributed by atoms with Crippen molar-refractivity contribution in [1.29, 1.82) is 0 Å². The van der Waals surface area contributed by atoms with Crippen LogP contribution in [0.3, 0.4) is 0 Å². The molecule has 2 N–H and O–H groups in total. The molecule has 168 valence electrons. The smallest absolute Gasteiger partial charge is 0.289 e. The SMILES string of the molecule is CNC(=O)[C@@H]1C[C@@H](O)CN1C1CCN(C(=O)c2ccc(Cn3nc(C)cc3C)o2)CC1. The number of β-amino-alcohol motifs (C(OH)–C–C–N with tert-alkyl or cyclic N) is 1. The number of aliphatic hydroxyl groups excluding tert-OH is 1. The number of nitrogens with zero attached hydrogens (tertiary/aromatic N) is 4. The third-order valence-electron chi connectivity index (χ3n) is 6.37. The van der Waals surface area contributed by atoms with Crippen molar-refractivity contribution in [2.24, 2.45) is 0 Å². The molecule has 4 rings (SSSR count). The molecule has 31 heavy (non-hydrogen) atoms. The highest BCUT2D eigenvalue weighted by atomic mass is 16.4. The van der Waals surface area contributed by atoms with Crippen LogP contribution in [0.15, 0.2) is 22.6 Å². The fourth-order valence-corrected chi connectivity index (χ4v) is 4.78. The first-order valence-electron chi connectivity index (χ1n) is 10.9. The van der Waals surface area contributed by atoms with Crippen LogP contribution in [-0.4, -0.2) is 81.4 Å². The van der Waals surface area contributed by atoms with Gasteiger partial charge in [-0.2, -0.15) is 5.10 Å². The zero-order valence-electron chi connectivity index (χ0n) is 18.4. The van der Waals surface area contributed by atoms with Crippen molar-refractivity contribution in [3.63, 3.8) is 0 Å². The van der Waals surface area contributed by atoms with Crippen LogP contribution in [0.5, 0.6) is 0 Å². The number of hydrogen-bond donors (Lipinski definition) is 2. The molecular weight excluding hydrogens is 398 g/mol. The third kappa shape index (κ3) is 4.52. The minimum atomic E-state index is -0.481. The monoisotopic (exact) mass is 429 g/mol. The van der Waals surface area contributed by atoms with Crippen molar-refractivity contribution in [2.45, 2.75) is 57.8 Å². The maximum Gasteiger partial charge on any atom is 0.289 e. The number of amides is 2. The molecule has 0 spiro atoms. The minimum Gasteiger partial charge on any atom is -0.454 e. The molecule has 9 heteroatoms. The van der Waals surface area contributed by atoms with Gasteiger partial charge in [0.1, 0.15) is 5.76 Å². The van der Waals surface area contributed by atoms with Gasteiger partial charge in [-0.25, -0.2) is 0 Å². The van der Waals surface area contributed by atoms with Gasteiger partial charge >= 0.3 is 0 Å². The van der Waals surface area contributed by atoms with Gasteiger partial charge in [0.2, 0.25) is 5.91 Å². The number of furan rings is 1. The predicted molar refractivity (Wildman–Crippen MR) is 114 cm³/mol. The summed E-state index contributed by atoms with van der Waals surface area (Å²) in [4.78, 5) is 29.0. The van der Waals surface area contributed by atoms with E-state index in [0.29, 0.717) is 44.1 Å². The summed E-state index contributed by atoms with van der Waals surface area (Å²) < 4.78 is 7.68. The Kier molecular flexibility index (Phi) is 6.15. The van der Waals surface area contributed by atoms with Crippen molar-refractivity contribution in [3.8, 4) is 0 Å². The van der Waals surface area contributed by atoms with Gasteiger partial charge in [0.15, 0.2) is 5.76 Å². The van der Waals surface area contributed by atoms with Gasteiger partial charge in [-0.15, -0.1) is 0 Å². The van der Waals surface area contributed by atoms with Crippen LogP contribution >= 0.6 is 0 Å². The second-order valence-electron chi connectivity index (χ2n) is 8.59. The number of likely N-dealkylation sites (tertiary alicyclic amines) is 2. The Hall–Kier alpha value is -2.65. The average Bonchev–Trinajstić information content (AvgIpc) is 3.46. The Labute approximate surface area is 182 Å². The molecule has 2 aromatic heterocycles. The van der Waals surface area contributed by atoms with Crippen molar-refractivity contribution < 1.29 is 19.1 Å². The van der Waals surface area contributed by atoms with Gasteiger partial charge in [0.05, 0.1) is 24.4 Å². The zero-order valence-corrected chi connectivity index (χ0v) is 18.4. The molecule has 0 radical (unpaired) electrons. The van der Waals surface area contributed by atoms with Crippen LogP contribution in [0.1, 0.15) is 47.0 Å². The van der Waals surface area contributed by atoms with Crippen LogP contribution in [0.4, 0.5) is 0 Å². The third-order valence-corrected chi connectivity index (χ3v) is 6.37. The van der Waals surface area contributed by atoms with Gasteiger partial charge in [-0.05, 0) is 51.3 Å². The molecule has 4 heterocycles. The maximum absolute atomic E-state index is 12.9. The van der Waals surface area contributed by atoms with E-state index in [0.717, 1.165) is 24.2 Å². The normalized spacial score (nSPS) is 22.8. The van der Waals surface area contributed by atoms with Crippen molar-refractivity contribution >= 4 is 11.8 Å². The first-order chi connectivity index (χ1) is 14.9. The summed E-state index contributed by atoms with van der Waals surface area (Å²) in [5, 5.41) is 17.2. The fraction of sp³-hybridized carbons (Fsp3) is 0.591. The molecule has 0 unspecified atom stereocenters. The molecule has 9 nitrogen and oxygen atoms in total. The number of likely N-dealkylation sites (N-methyl/N-ethyl adjacent to an activating group) is 1. The molecule has 2 aliphatic heterocycles. The molecule has 0 saturated carbocycles. The highest BCUT2D eigenvalue weighted by Crippen LogP contribution is 2.27.